The Balaban J connectivity index is 1.59. The van der Waals surface area contributed by atoms with Gasteiger partial charge in [-0.2, -0.15) is 0 Å². The summed E-state index contributed by atoms with van der Waals surface area (Å²) in [5.41, 5.74) is 1.19. The molecule has 0 saturated carbocycles. The van der Waals surface area contributed by atoms with Gasteiger partial charge in [-0.05, 0) is 53.0 Å². The van der Waals surface area contributed by atoms with Crippen LogP contribution in [0.15, 0.2) is 12.4 Å². The van der Waals surface area contributed by atoms with E-state index < -0.39 is 0 Å². The Morgan fingerprint density at radius 1 is 1.36 bits per heavy atom. The lowest BCUT2D eigenvalue weighted by molar-refractivity contribution is -0.00911. The van der Waals surface area contributed by atoms with E-state index in [0.29, 0.717) is 24.6 Å². The number of aromatic nitrogens is 2. The first-order valence-electron chi connectivity index (χ1n) is 8.39. The van der Waals surface area contributed by atoms with E-state index in [4.69, 9.17) is 9.47 Å². The molecular formula is C17H27N3O2. The number of hydrogen-bond acceptors (Lipinski definition) is 5. The lowest BCUT2D eigenvalue weighted by Crippen LogP contribution is -2.47. The molecule has 1 aromatic rings. The Hall–Kier alpha value is -1.20. The van der Waals surface area contributed by atoms with Crippen molar-refractivity contribution in [3.63, 3.8) is 0 Å². The molecule has 5 heteroatoms. The first-order chi connectivity index (χ1) is 10.6. The zero-order valence-electron chi connectivity index (χ0n) is 13.9. The van der Waals surface area contributed by atoms with E-state index in [1.165, 1.54) is 25.7 Å². The normalized spacial score (nSPS) is 28.3. The fourth-order valence-electron chi connectivity index (χ4n) is 3.80. The third-order valence-corrected chi connectivity index (χ3v) is 4.92. The van der Waals surface area contributed by atoms with Crippen LogP contribution >= 0.6 is 0 Å². The smallest absolute Gasteiger partial charge is 0.216 e. The van der Waals surface area contributed by atoms with E-state index in [1.54, 1.807) is 6.33 Å². The van der Waals surface area contributed by atoms with Gasteiger partial charge in [0.15, 0.2) is 0 Å². The van der Waals surface area contributed by atoms with E-state index >= 15 is 0 Å². The second kappa shape index (κ2) is 6.50. The van der Waals surface area contributed by atoms with Gasteiger partial charge in [0.2, 0.25) is 5.88 Å². The molecule has 3 heterocycles. The first-order valence-corrected chi connectivity index (χ1v) is 8.39. The van der Waals surface area contributed by atoms with Crippen LogP contribution < -0.4 is 4.74 Å². The van der Waals surface area contributed by atoms with Gasteiger partial charge in [-0.25, -0.2) is 9.97 Å². The van der Waals surface area contributed by atoms with E-state index in [-0.39, 0.29) is 5.54 Å². The van der Waals surface area contributed by atoms with Crippen LogP contribution in [0.25, 0.3) is 0 Å². The van der Waals surface area contributed by atoms with Gasteiger partial charge in [0.25, 0.3) is 0 Å². The summed E-state index contributed by atoms with van der Waals surface area (Å²) in [6.07, 6.45) is 6.79. The summed E-state index contributed by atoms with van der Waals surface area (Å²) in [6.45, 7) is 8.91. The Morgan fingerprint density at radius 2 is 2.23 bits per heavy atom. The zero-order valence-corrected chi connectivity index (χ0v) is 13.9. The number of ether oxygens (including phenoxy) is 2. The Kier molecular flexibility index (Phi) is 4.64. The van der Waals surface area contributed by atoms with Crippen LogP contribution in [0.4, 0.5) is 0 Å². The van der Waals surface area contributed by atoms with Gasteiger partial charge < -0.3 is 9.47 Å². The molecule has 1 aromatic heterocycles. The van der Waals surface area contributed by atoms with Crippen LogP contribution in [-0.4, -0.2) is 52.3 Å². The highest BCUT2D eigenvalue weighted by atomic mass is 16.5. The molecule has 0 N–H and O–H groups in total. The number of rotatable bonds is 6. The molecule has 0 aromatic carbocycles. The van der Waals surface area contributed by atoms with Gasteiger partial charge in [-0.3, -0.25) is 4.90 Å². The summed E-state index contributed by atoms with van der Waals surface area (Å²) in [7, 11) is 0. The minimum Gasteiger partial charge on any atom is -0.476 e. The second-order valence-corrected chi connectivity index (χ2v) is 6.88. The van der Waals surface area contributed by atoms with E-state index in [9.17, 15) is 0 Å². The van der Waals surface area contributed by atoms with Crippen molar-refractivity contribution in [1.82, 2.24) is 14.9 Å². The van der Waals surface area contributed by atoms with Gasteiger partial charge in [0.05, 0.1) is 12.7 Å². The van der Waals surface area contributed by atoms with E-state index in [0.717, 1.165) is 18.8 Å². The molecule has 0 spiro atoms. The van der Waals surface area contributed by atoms with Gasteiger partial charge in [0.1, 0.15) is 12.9 Å². The topological polar surface area (TPSA) is 47.5 Å². The summed E-state index contributed by atoms with van der Waals surface area (Å²) < 4.78 is 11.9. The fourth-order valence-corrected chi connectivity index (χ4v) is 3.80. The van der Waals surface area contributed by atoms with Crippen molar-refractivity contribution in [2.45, 2.75) is 64.1 Å². The minimum absolute atomic E-state index is 0.250. The Morgan fingerprint density at radius 3 is 3.00 bits per heavy atom. The zero-order chi connectivity index (χ0) is 15.6. The van der Waals surface area contributed by atoms with Crippen molar-refractivity contribution in [3.8, 4) is 5.88 Å². The lowest BCUT2D eigenvalue weighted by atomic mass is 9.95. The molecule has 0 bridgehead atoms. The monoisotopic (exact) mass is 305 g/mol. The molecule has 3 rings (SSSR count). The van der Waals surface area contributed by atoms with Crippen molar-refractivity contribution >= 4 is 0 Å². The maximum absolute atomic E-state index is 5.95. The maximum Gasteiger partial charge on any atom is 0.216 e. The molecule has 2 aliphatic rings. The number of nitrogens with zero attached hydrogens (tertiary/aromatic N) is 3. The molecule has 122 valence electrons. The molecule has 2 fully saturated rings. The van der Waals surface area contributed by atoms with Gasteiger partial charge >= 0.3 is 0 Å². The highest BCUT2D eigenvalue weighted by molar-refractivity contribution is 5.12. The van der Waals surface area contributed by atoms with E-state index in [1.807, 2.05) is 13.0 Å². The molecule has 0 amide bonds. The van der Waals surface area contributed by atoms with Crippen LogP contribution in [0.5, 0.6) is 5.88 Å². The highest BCUT2D eigenvalue weighted by Crippen LogP contribution is 2.42. The van der Waals surface area contributed by atoms with Crippen molar-refractivity contribution in [1.29, 1.82) is 0 Å². The summed E-state index contributed by atoms with van der Waals surface area (Å²) >= 11 is 0. The Bertz CT molecular complexity index is 508. The molecule has 2 aliphatic heterocycles. The summed E-state index contributed by atoms with van der Waals surface area (Å²) in [6, 6.07) is 2.38. The summed E-state index contributed by atoms with van der Waals surface area (Å²) in [4.78, 5) is 10.9. The van der Waals surface area contributed by atoms with Gasteiger partial charge in [-0.1, -0.05) is 0 Å². The van der Waals surface area contributed by atoms with Crippen LogP contribution in [-0.2, 0) is 4.74 Å². The minimum atomic E-state index is 0.250. The third kappa shape index (κ3) is 3.25. The predicted molar refractivity (Wildman–Crippen MR) is 85.0 cm³/mol. The predicted octanol–water partition coefficient (Wildman–Crippen LogP) is 2.59. The SMILES string of the molecule is Cc1cc(OC[C@@H]2CC[C@]3(COC(C)C)CCCN23)ncn1. The van der Waals surface area contributed by atoms with Crippen LogP contribution in [0.3, 0.4) is 0 Å². The van der Waals surface area contributed by atoms with Crippen LogP contribution in [0.2, 0.25) is 0 Å². The average molecular weight is 305 g/mol. The van der Waals surface area contributed by atoms with Gasteiger partial charge in [0, 0.05) is 23.3 Å². The number of fused-ring (bicyclic) bond motifs is 1. The molecule has 5 nitrogen and oxygen atoms in total. The van der Waals surface area contributed by atoms with Crippen LogP contribution in [0, 0.1) is 6.92 Å². The second-order valence-electron chi connectivity index (χ2n) is 6.88. The van der Waals surface area contributed by atoms with Crippen molar-refractivity contribution in [2.75, 3.05) is 19.8 Å². The van der Waals surface area contributed by atoms with E-state index in [2.05, 4.69) is 28.7 Å². The average Bonchev–Trinajstić information content (AvgIpc) is 3.02. The maximum atomic E-state index is 5.95. The van der Waals surface area contributed by atoms with Crippen molar-refractivity contribution < 1.29 is 9.47 Å². The molecule has 2 saturated heterocycles. The Labute approximate surface area is 133 Å². The quantitative estimate of drug-likeness (QED) is 0.808. The van der Waals surface area contributed by atoms with Gasteiger partial charge in [-0.15, -0.1) is 0 Å². The number of hydrogen-bond donors (Lipinski definition) is 0. The molecule has 22 heavy (non-hydrogen) atoms. The van der Waals surface area contributed by atoms with Crippen molar-refractivity contribution in [2.24, 2.45) is 0 Å². The first kappa shape index (κ1) is 15.7. The molecule has 2 atom stereocenters. The summed E-state index contributed by atoms with van der Waals surface area (Å²) in [5.74, 6) is 0.683. The molecular weight excluding hydrogens is 278 g/mol. The standard InChI is InChI=1S/C17H27N3O2/c1-13(2)22-11-17-6-4-8-20(17)15(5-7-17)10-21-16-9-14(3)18-12-19-16/h9,12-13,15H,4-8,10-11H2,1-3H3/t15-,17-/m0/s1. The molecule has 0 aliphatic carbocycles. The van der Waals surface area contributed by atoms with Crippen molar-refractivity contribution in [3.05, 3.63) is 18.1 Å². The highest BCUT2D eigenvalue weighted by Gasteiger charge is 2.49. The number of aryl methyl sites for hydroxylation is 1. The third-order valence-electron chi connectivity index (χ3n) is 4.92. The fraction of sp³-hybridized carbons (Fsp3) is 0.765. The molecule has 0 unspecified atom stereocenters. The lowest BCUT2D eigenvalue weighted by Gasteiger charge is -2.35. The summed E-state index contributed by atoms with van der Waals surface area (Å²) in [5, 5.41) is 0. The molecule has 0 radical (unpaired) electrons. The van der Waals surface area contributed by atoms with Crippen LogP contribution in [0.1, 0.15) is 45.2 Å². The largest absolute Gasteiger partial charge is 0.476 e.